The normalized spacial score (nSPS) is 19.2. The van der Waals surface area contributed by atoms with Crippen LogP contribution in [-0.2, 0) is 24.0 Å². The van der Waals surface area contributed by atoms with Crippen LogP contribution >= 0.6 is 0 Å². The maximum absolute atomic E-state index is 12.5. The summed E-state index contributed by atoms with van der Waals surface area (Å²) in [6.07, 6.45) is 1.77. The topological polar surface area (TPSA) is 40.5 Å². The van der Waals surface area contributed by atoms with E-state index >= 15 is 0 Å². The van der Waals surface area contributed by atoms with Crippen LogP contribution in [0.4, 0.5) is 0 Å². The van der Waals surface area contributed by atoms with Crippen molar-refractivity contribution in [3.8, 4) is 0 Å². The van der Waals surface area contributed by atoms with Gasteiger partial charge in [0.25, 0.3) is 0 Å². The van der Waals surface area contributed by atoms with Crippen LogP contribution < -0.4 is 0 Å². The average molecular weight is 537 g/mol. The van der Waals surface area contributed by atoms with E-state index < -0.39 is 11.2 Å². The lowest BCUT2D eigenvalue weighted by molar-refractivity contribution is 0.0614. The zero-order valence-electron chi connectivity index (χ0n) is 23.9. The predicted octanol–water partition coefficient (Wildman–Crippen LogP) is 8.66. The van der Waals surface area contributed by atoms with Gasteiger partial charge >= 0.3 is 0 Å². The molecule has 2 atom stereocenters. The van der Waals surface area contributed by atoms with E-state index in [1.165, 1.54) is 21.9 Å². The van der Waals surface area contributed by atoms with Crippen LogP contribution in [0.5, 0.6) is 0 Å². The lowest BCUT2D eigenvalue weighted by Gasteiger charge is -2.44. The van der Waals surface area contributed by atoms with Crippen molar-refractivity contribution in [3.05, 3.63) is 166 Å². The average Bonchev–Trinajstić information content (AvgIpc) is 3.03. The highest BCUT2D eigenvalue weighted by atomic mass is 16.3. The number of aliphatic hydroxyl groups is 2. The molecular weight excluding hydrogens is 500 g/mol. The Morgan fingerprint density at radius 2 is 0.902 bits per heavy atom. The van der Waals surface area contributed by atoms with Crippen molar-refractivity contribution in [2.24, 2.45) is 0 Å². The highest BCUT2D eigenvalue weighted by Crippen LogP contribution is 2.51. The van der Waals surface area contributed by atoms with Gasteiger partial charge in [-0.05, 0) is 86.3 Å². The minimum atomic E-state index is -1.34. The molecule has 0 saturated carbocycles. The van der Waals surface area contributed by atoms with Crippen LogP contribution in [-0.4, -0.2) is 10.2 Å². The molecule has 0 aliphatic heterocycles. The van der Waals surface area contributed by atoms with E-state index in [1.807, 2.05) is 49.4 Å². The SMILES string of the molecule is CCc1cc2c(cc1CC)C(O)(c1ccc3ccccc3c1)c1ccccc1C2(C)O.c1ccc2ccccc2c1. The van der Waals surface area contributed by atoms with Gasteiger partial charge in [0.2, 0.25) is 0 Å². The van der Waals surface area contributed by atoms with Crippen molar-refractivity contribution in [1.29, 1.82) is 0 Å². The summed E-state index contributed by atoms with van der Waals surface area (Å²) in [6, 6.07) is 43.1. The Morgan fingerprint density at radius 3 is 1.44 bits per heavy atom. The first-order valence-corrected chi connectivity index (χ1v) is 14.5. The molecule has 1 aliphatic rings. The molecule has 2 nitrogen and oxygen atoms in total. The molecular formula is C39H36O2. The molecule has 0 bridgehead atoms. The molecule has 0 saturated heterocycles. The predicted molar refractivity (Wildman–Crippen MR) is 170 cm³/mol. The Bertz CT molecular complexity index is 1800. The van der Waals surface area contributed by atoms with Gasteiger partial charge in [0.15, 0.2) is 0 Å². The zero-order chi connectivity index (χ0) is 28.6. The molecule has 2 heteroatoms. The van der Waals surface area contributed by atoms with E-state index in [4.69, 9.17) is 0 Å². The highest BCUT2D eigenvalue weighted by Gasteiger charge is 2.48. The summed E-state index contributed by atoms with van der Waals surface area (Å²) in [7, 11) is 0. The molecule has 204 valence electrons. The molecule has 6 aromatic carbocycles. The second kappa shape index (κ2) is 10.6. The number of hydrogen-bond donors (Lipinski definition) is 2. The summed E-state index contributed by atoms with van der Waals surface area (Å²) in [6.45, 7) is 6.13. The molecule has 2 N–H and O–H groups in total. The molecule has 1 aliphatic carbocycles. The summed E-state index contributed by atoms with van der Waals surface area (Å²) >= 11 is 0. The van der Waals surface area contributed by atoms with E-state index in [-0.39, 0.29) is 0 Å². The Morgan fingerprint density at radius 1 is 0.463 bits per heavy atom. The van der Waals surface area contributed by atoms with Crippen molar-refractivity contribution in [2.75, 3.05) is 0 Å². The number of benzene rings is 6. The van der Waals surface area contributed by atoms with Gasteiger partial charge in [-0.1, -0.05) is 135 Å². The third kappa shape index (κ3) is 4.54. The number of rotatable bonds is 3. The van der Waals surface area contributed by atoms with Crippen LogP contribution in [0.1, 0.15) is 59.7 Å². The van der Waals surface area contributed by atoms with Crippen molar-refractivity contribution < 1.29 is 10.2 Å². The van der Waals surface area contributed by atoms with Gasteiger partial charge in [-0.25, -0.2) is 0 Å². The molecule has 7 rings (SSSR count). The lowest BCUT2D eigenvalue weighted by atomic mass is 9.65. The molecule has 0 radical (unpaired) electrons. The van der Waals surface area contributed by atoms with E-state index in [2.05, 4.69) is 98.8 Å². The van der Waals surface area contributed by atoms with E-state index in [0.717, 1.165) is 51.4 Å². The smallest absolute Gasteiger partial charge is 0.141 e. The fourth-order valence-electron chi connectivity index (χ4n) is 6.42. The van der Waals surface area contributed by atoms with Crippen LogP contribution in [0.2, 0.25) is 0 Å². The van der Waals surface area contributed by atoms with Crippen molar-refractivity contribution in [2.45, 2.75) is 44.8 Å². The summed E-state index contributed by atoms with van der Waals surface area (Å²) in [5.41, 5.74) is 3.81. The lowest BCUT2D eigenvalue weighted by Crippen LogP contribution is -2.42. The standard InChI is InChI=1S/C29H28O2.C10H8/c1-4-19-17-26-27(18-20(19)5-2)29(31,25-13-9-8-12-24(25)28(26,3)30)23-15-14-21-10-6-7-11-22(21)16-23;1-2-6-10-8-4-3-7-9(10)5-1/h6-18,30-31H,4-5H2,1-3H3;1-8H. The minimum absolute atomic E-state index is 0.745. The Hall–Kier alpha value is -4.24. The van der Waals surface area contributed by atoms with Crippen molar-refractivity contribution in [3.63, 3.8) is 0 Å². The Balaban J connectivity index is 0.000000253. The number of hydrogen-bond acceptors (Lipinski definition) is 2. The summed E-state index contributed by atoms with van der Waals surface area (Å²) < 4.78 is 0. The van der Waals surface area contributed by atoms with Crippen molar-refractivity contribution in [1.82, 2.24) is 0 Å². The van der Waals surface area contributed by atoms with Gasteiger partial charge in [-0.2, -0.15) is 0 Å². The fourth-order valence-corrected chi connectivity index (χ4v) is 6.42. The maximum atomic E-state index is 12.5. The first-order chi connectivity index (χ1) is 19.9. The molecule has 0 heterocycles. The molecule has 0 aromatic heterocycles. The molecule has 41 heavy (non-hydrogen) atoms. The van der Waals surface area contributed by atoms with E-state index in [0.29, 0.717) is 0 Å². The zero-order valence-corrected chi connectivity index (χ0v) is 23.9. The minimum Gasteiger partial charge on any atom is -0.381 e. The first kappa shape index (κ1) is 27.0. The third-order valence-corrected chi connectivity index (χ3v) is 8.68. The molecule has 0 spiro atoms. The van der Waals surface area contributed by atoms with Crippen LogP contribution in [0.25, 0.3) is 21.5 Å². The first-order valence-electron chi connectivity index (χ1n) is 14.5. The van der Waals surface area contributed by atoms with E-state index in [9.17, 15) is 10.2 Å². The van der Waals surface area contributed by atoms with Gasteiger partial charge in [-0.15, -0.1) is 0 Å². The third-order valence-electron chi connectivity index (χ3n) is 8.68. The molecule has 0 fully saturated rings. The van der Waals surface area contributed by atoms with Crippen LogP contribution in [0.15, 0.2) is 127 Å². The number of aryl methyl sites for hydroxylation is 2. The Kier molecular flexibility index (Phi) is 6.99. The number of fused-ring (bicyclic) bond motifs is 4. The van der Waals surface area contributed by atoms with E-state index in [1.54, 1.807) is 0 Å². The summed E-state index contributed by atoms with van der Waals surface area (Å²) in [5.74, 6) is 0. The summed E-state index contributed by atoms with van der Waals surface area (Å²) in [5, 5.41) is 29.1. The van der Waals surface area contributed by atoms with Gasteiger partial charge < -0.3 is 10.2 Å². The van der Waals surface area contributed by atoms with Gasteiger partial charge in [0, 0.05) is 0 Å². The van der Waals surface area contributed by atoms with Crippen LogP contribution in [0, 0.1) is 0 Å². The molecule has 6 aromatic rings. The maximum Gasteiger partial charge on any atom is 0.141 e. The second-order valence-electron chi connectivity index (χ2n) is 11.1. The largest absolute Gasteiger partial charge is 0.381 e. The van der Waals surface area contributed by atoms with Crippen molar-refractivity contribution >= 4 is 21.5 Å². The quantitative estimate of drug-likeness (QED) is 0.238. The summed E-state index contributed by atoms with van der Waals surface area (Å²) in [4.78, 5) is 0. The highest BCUT2D eigenvalue weighted by molar-refractivity contribution is 5.84. The van der Waals surface area contributed by atoms with Gasteiger partial charge in [0.05, 0.1) is 0 Å². The Labute approximate surface area is 242 Å². The van der Waals surface area contributed by atoms with Gasteiger partial charge in [0.1, 0.15) is 11.2 Å². The monoisotopic (exact) mass is 536 g/mol. The van der Waals surface area contributed by atoms with Gasteiger partial charge in [-0.3, -0.25) is 0 Å². The van der Waals surface area contributed by atoms with Crippen LogP contribution in [0.3, 0.4) is 0 Å². The molecule has 0 amide bonds. The fraction of sp³-hybridized carbons (Fsp3) is 0.179. The molecule has 2 unspecified atom stereocenters. The second-order valence-corrected chi connectivity index (χ2v) is 11.1.